The first kappa shape index (κ1) is 17.6. The Bertz CT molecular complexity index is 835. The van der Waals surface area contributed by atoms with Crippen LogP contribution in [0.15, 0.2) is 73.1 Å². The van der Waals surface area contributed by atoms with Gasteiger partial charge in [-0.25, -0.2) is 9.97 Å². The topological polar surface area (TPSA) is 49.3 Å². The summed E-state index contributed by atoms with van der Waals surface area (Å²) in [5, 5.41) is 0. The van der Waals surface area contributed by atoms with E-state index in [1.165, 1.54) is 5.56 Å². The van der Waals surface area contributed by atoms with Crippen molar-refractivity contribution < 1.29 is 4.79 Å². The maximum absolute atomic E-state index is 12.6. The quantitative estimate of drug-likeness (QED) is 0.686. The Hall–Kier alpha value is -3.21. The first-order valence-corrected chi connectivity index (χ1v) is 8.50. The minimum absolute atomic E-state index is 0.0916. The van der Waals surface area contributed by atoms with E-state index in [1.54, 1.807) is 24.3 Å². The highest BCUT2D eigenvalue weighted by atomic mass is 16.2. The molecule has 0 aliphatic rings. The molecule has 132 valence electrons. The van der Waals surface area contributed by atoms with Crippen LogP contribution in [0.25, 0.3) is 0 Å². The third-order valence-electron chi connectivity index (χ3n) is 4.10. The maximum atomic E-state index is 12.6. The highest BCUT2D eigenvalue weighted by Crippen LogP contribution is 2.12. The van der Waals surface area contributed by atoms with Crippen molar-refractivity contribution >= 4 is 11.9 Å². The van der Waals surface area contributed by atoms with Gasteiger partial charge >= 0.3 is 0 Å². The fourth-order valence-electron chi connectivity index (χ4n) is 2.71. The summed E-state index contributed by atoms with van der Waals surface area (Å²) < 4.78 is 0. The molecule has 0 radical (unpaired) electrons. The fraction of sp³-hybridized carbons (Fsp3) is 0.190. The van der Waals surface area contributed by atoms with Crippen molar-refractivity contribution in [3.63, 3.8) is 0 Å². The average molecular weight is 346 g/mol. The molecule has 0 unspecified atom stereocenters. The van der Waals surface area contributed by atoms with Gasteiger partial charge in [0, 0.05) is 39.6 Å². The van der Waals surface area contributed by atoms with Crippen LogP contribution in [0.4, 0.5) is 5.95 Å². The van der Waals surface area contributed by atoms with Gasteiger partial charge < -0.3 is 9.80 Å². The molecule has 0 saturated carbocycles. The summed E-state index contributed by atoms with van der Waals surface area (Å²) in [6.07, 6.45) is 3.18. The highest BCUT2D eigenvalue weighted by Gasteiger charge is 2.14. The molecule has 5 heteroatoms. The molecule has 1 amide bonds. The van der Waals surface area contributed by atoms with Gasteiger partial charge in [-0.05, 0) is 11.1 Å². The number of carbonyl (C=O) groups is 1. The van der Waals surface area contributed by atoms with Gasteiger partial charge in [0.2, 0.25) is 5.95 Å². The number of anilines is 1. The lowest BCUT2D eigenvalue weighted by molar-refractivity contribution is 0.0784. The van der Waals surface area contributed by atoms with Crippen LogP contribution in [0.5, 0.6) is 0 Å². The normalized spacial score (nSPS) is 10.4. The van der Waals surface area contributed by atoms with Crippen molar-refractivity contribution in [3.8, 4) is 0 Å². The van der Waals surface area contributed by atoms with Gasteiger partial charge in [-0.15, -0.1) is 0 Å². The molecular weight excluding hydrogens is 324 g/mol. The van der Waals surface area contributed by atoms with E-state index in [2.05, 4.69) is 22.1 Å². The van der Waals surface area contributed by atoms with Gasteiger partial charge in [-0.1, -0.05) is 60.7 Å². The maximum Gasteiger partial charge on any atom is 0.257 e. The fourth-order valence-corrected chi connectivity index (χ4v) is 2.71. The molecule has 0 bridgehead atoms. The molecule has 0 spiro atoms. The average Bonchev–Trinajstić information content (AvgIpc) is 2.69. The van der Waals surface area contributed by atoms with Gasteiger partial charge in [0.15, 0.2) is 0 Å². The summed E-state index contributed by atoms with van der Waals surface area (Å²) in [5.74, 6) is 0.502. The van der Waals surface area contributed by atoms with Crippen molar-refractivity contribution in [2.75, 3.05) is 19.0 Å². The number of aromatic nitrogens is 2. The number of nitrogens with zero attached hydrogens (tertiary/aromatic N) is 4. The Morgan fingerprint density at radius 2 is 1.31 bits per heavy atom. The van der Waals surface area contributed by atoms with Crippen LogP contribution >= 0.6 is 0 Å². The molecule has 2 aromatic carbocycles. The largest absolute Gasteiger partial charge is 0.340 e. The van der Waals surface area contributed by atoms with Crippen molar-refractivity contribution in [1.29, 1.82) is 0 Å². The molecule has 0 atom stereocenters. The van der Waals surface area contributed by atoms with Gasteiger partial charge in [0.1, 0.15) is 0 Å². The Morgan fingerprint density at radius 1 is 0.808 bits per heavy atom. The Kier molecular flexibility index (Phi) is 5.59. The molecular formula is C21H22N4O. The Balaban J connectivity index is 1.63. The van der Waals surface area contributed by atoms with Crippen LogP contribution in [0.2, 0.25) is 0 Å². The molecule has 0 saturated heterocycles. The molecule has 3 aromatic rings. The zero-order chi connectivity index (χ0) is 18.4. The van der Waals surface area contributed by atoms with E-state index in [-0.39, 0.29) is 5.91 Å². The zero-order valence-electron chi connectivity index (χ0n) is 15.0. The van der Waals surface area contributed by atoms with E-state index in [0.717, 1.165) is 5.56 Å². The lowest BCUT2D eigenvalue weighted by Crippen LogP contribution is -2.27. The number of hydrogen-bond donors (Lipinski definition) is 0. The summed E-state index contributed by atoms with van der Waals surface area (Å²) in [5.41, 5.74) is 2.75. The number of benzene rings is 2. The van der Waals surface area contributed by atoms with E-state index in [0.29, 0.717) is 24.6 Å². The minimum Gasteiger partial charge on any atom is -0.340 e. The SMILES string of the molecule is CN(Cc1ccccc1)C(=O)c1cnc(N(C)Cc2ccccc2)nc1. The second-order valence-electron chi connectivity index (χ2n) is 6.26. The number of hydrogen-bond acceptors (Lipinski definition) is 4. The van der Waals surface area contributed by atoms with Gasteiger partial charge in [-0.2, -0.15) is 0 Å². The van der Waals surface area contributed by atoms with E-state index < -0.39 is 0 Å². The summed E-state index contributed by atoms with van der Waals surface area (Å²) in [7, 11) is 3.72. The van der Waals surface area contributed by atoms with Crippen LogP contribution in [0, 0.1) is 0 Å². The lowest BCUT2D eigenvalue weighted by Gasteiger charge is -2.19. The van der Waals surface area contributed by atoms with Gasteiger partial charge in [0.25, 0.3) is 5.91 Å². The van der Waals surface area contributed by atoms with E-state index in [4.69, 9.17) is 0 Å². The van der Waals surface area contributed by atoms with Crippen LogP contribution in [-0.2, 0) is 13.1 Å². The van der Waals surface area contributed by atoms with Crippen molar-refractivity contribution in [2.24, 2.45) is 0 Å². The van der Waals surface area contributed by atoms with E-state index >= 15 is 0 Å². The van der Waals surface area contributed by atoms with Crippen LogP contribution in [0.3, 0.4) is 0 Å². The number of amides is 1. The third-order valence-corrected chi connectivity index (χ3v) is 4.10. The first-order chi connectivity index (χ1) is 12.6. The molecule has 0 aliphatic carbocycles. The van der Waals surface area contributed by atoms with Crippen LogP contribution < -0.4 is 4.90 Å². The zero-order valence-corrected chi connectivity index (χ0v) is 15.0. The van der Waals surface area contributed by atoms with Gasteiger partial charge in [-0.3, -0.25) is 4.79 Å². The second kappa shape index (κ2) is 8.25. The first-order valence-electron chi connectivity index (χ1n) is 8.50. The minimum atomic E-state index is -0.0916. The summed E-state index contributed by atoms with van der Waals surface area (Å²) in [6, 6.07) is 20.0. The third kappa shape index (κ3) is 4.45. The van der Waals surface area contributed by atoms with E-state index in [1.807, 2.05) is 60.5 Å². The Labute approximate surface area is 153 Å². The second-order valence-corrected chi connectivity index (χ2v) is 6.26. The summed E-state index contributed by atoms with van der Waals surface area (Å²) in [4.78, 5) is 24.9. The molecule has 0 aliphatic heterocycles. The van der Waals surface area contributed by atoms with Gasteiger partial charge in [0.05, 0.1) is 5.56 Å². The van der Waals surface area contributed by atoms with Crippen molar-refractivity contribution in [2.45, 2.75) is 13.1 Å². The number of rotatable bonds is 6. The highest BCUT2D eigenvalue weighted by molar-refractivity contribution is 5.93. The van der Waals surface area contributed by atoms with Crippen LogP contribution in [0.1, 0.15) is 21.5 Å². The molecule has 0 fully saturated rings. The number of carbonyl (C=O) groups excluding carboxylic acids is 1. The molecule has 0 N–H and O–H groups in total. The summed E-state index contributed by atoms with van der Waals surface area (Å²) in [6.45, 7) is 1.26. The van der Waals surface area contributed by atoms with Crippen LogP contribution in [-0.4, -0.2) is 34.9 Å². The Morgan fingerprint density at radius 3 is 1.85 bits per heavy atom. The van der Waals surface area contributed by atoms with Crippen molar-refractivity contribution in [1.82, 2.24) is 14.9 Å². The molecule has 1 aromatic heterocycles. The lowest BCUT2D eigenvalue weighted by atomic mass is 10.2. The van der Waals surface area contributed by atoms with E-state index in [9.17, 15) is 4.79 Å². The monoisotopic (exact) mass is 346 g/mol. The summed E-state index contributed by atoms with van der Waals surface area (Å²) >= 11 is 0. The predicted molar refractivity (Wildman–Crippen MR) is 103 cm³/mol. The standard InChI is InChI=1S/C21H22N4O/c1-24(15-17-9-5-3-6-10-17)20(26)19-13-22-21(23-14-19)25(2)16-18-11-7-4-8-12-18/h3-14H,15-16H2,1-2H3. The smallest absolute Gasteiger partial charge is 0.257 e. The molecule has 5 nitrogen and oxygen atoms in total. The van der Waals surface area contributed by atoms with Crippen molar-refractivity contribution in [3.05, 3.63) is 89.7 Å². The molecule has 3 rings (SSSR count). The molecule has 1 heterocycles. The molecule has 26 heavy (non-hydrogen) atoms. The predicted octanol–water partition coefficient (Wildman–Crippen LogP) is 3.39.